The summed E-state index contributed by atoms with van der Waals surface area (Å²) in [6, 6.07) is 5.43. The first-order valence-corrected chi connectivity index (χ1v) is 6.86. The van der Waals surface area contributed by atoms with Crippen LogP contribution in [0.5, 0.6) is 0 Å². The average molecular weight is 266 g/mol. The van der Waals surface area contributed by atoms with Gasteiger partial charge in [0.1, 0.15) is 10.8 Å². The summed E-state index contributed by atoms with van der Waals surface area (Å²) in [6.07, 6.45) is 4.70. The third-order valence-corrected chi connectivity index (χ3v) is 3.83. The first-order valence-electron chi connectivity index (χ1n) is 6.45. The summed E-state index contributed by atoms with van der Waals surface area (Å²) in [6.45, 7) is 3.08. The van der Waals surface area contributed by atoms with Crippen molar-refractivity contribution in [1.82, 2.24) is 0 Å². The van der Waals surface area contributed by atoms with Crippen molar-refractivity contribution in [1.29, 1.82) is 0 Å². The van der Waals surface area contributed by atoms with Gasteiger partial charge in [-0.1, -0.05) is 25.1 Å². The molecule has 1 aliphatic rings. The van der Waals surface area contributed by atoms with Crippen LogP contribution in [0.25, 0.3) is 0 Å². The minimum Gasteiger partial charge on any atom is -0.389 e. The number of nitrogens with two attached hydrogens (primary N) is 1. The van der Waals surface area contributed by atoms with Crippen LogP contribution in [0, 0.1) is 5.82 Å². The number of hydrogen-bond acceptors (Lipinski definition) is 2. The number of nitrogens with zero attached hydrogens (tertiary/aromatic N) is 1. The van der Waals surface area contributed by atoms with Crippen LogP contribution in [-0.2, 0) is 0 Å². The third-order valence-electron chi connectivity index (χ3n) is 3.59. The van der Waals surface area contributed by atoms with Crippen molar-refractivity contribution < 1.29 is 4.39 Å². The maximum absolute atomic E-state index is 14.1. The number of anilines is 1. The molecule has 1 aromatic carbocycles. The van der Waals surface area contributed by atoms with Crippen molar-refractivity contribution in [2.75, 3.05) is 11.4 Å². The summed E-state index contributed by atoms with van der Waals surface area (Å²) in [7, 11) is 0. The van der Waals surface area contributed by atoms with Gasteiger partial charge < -0.3 is 10.6 Å². The summed E-state index contributed by atoms with van der Waals surface area (Å²) in [5.74, 6) is -0.228. The highest BCUT2D eigenvalue weighted by molar-refractivity contribution is 7.80. The molecule has 0 spiro atoms. The second-order valence-corrected chi connectivity index (χ2v) is 5.36. The predicted octanol–water partition coefficient (Wildman–Crippen LogP) is 3.23. The van der Waals surface area contributed by atoms with Crippen molar-refractivity contribution in [3.05, 3.63) is 29.6 Å². The van der Waals surface area contributed by atoms with E-state index in [9.17, 15) is 4.39 Å². The molecule has 2 rings (SSSR count). The summed E-state index contributed by atoms with van der Waals surface area (Å²) in [5.41, 5.74) is 6.78. The van der Waals surface area contributed by atoms with Crippen LogP contribution in [0.1, 0.15) is 38.2 Å². The fourth-order valence-corrected chi connectivity index (χ4v) is 2.65. The molecular weight excluding hydrogens is 247 g/mol. The van der Waals surface area contributed by atoms with Crippen molar-refractivity contribution >= 4 is 22.9 Å². The quantitative estimate of drug-likeness (QED) is 0.833. The zero-order valence-corrected chi connectivity index (χ0v) is 11.5. The van der Waals surface area contributed by atoms with Crippen LogP contribution in [-0.4, -0.2) is 17.6 Å². The van der Waals surface area contributed by atoms with Gasteiger partial charge in [0.15, 0.2) is 0 Å². The zero-order chi connectivity index (χ0) is 13.1. The molecule has 2 N–H and O–H groups in total. The second-order valence-electron chi connectivity index (χ2n) is 4.92. The molecule has 2 nitrogen and oxygen atoms in total. The van der Waals surface area contributed by atoms with E-state index in [0.717, 1.165) is 19.4 Å². The van der Waals surface area contributed by atoms with Crippen molar-refractivity contribution in [3.63, 3.8) is 0 Å². The van der Waals surface area contributed by atoms with Crippen LogP contribution in [0.2, 0.25) is 0 Å². The first kappa shape index (κ1) is 13.3. The van der Waals surface area contributed by atoms with Crippen molar-refractivity contribution in [2.45, 2.75) is 38.6 Å². The molecule has 4 heteroatoms. The fourth-order valence-electron chi connectivity index (χ4n) is 2.53. The van der Waals surface area contributed by atoms with Gasteiger partial charge in [-0.2, -0.15) is 0 Å². The third kappa shape index (κ3) is 2.80. The molecule has 1 fully saturated rings. The molecule has 1 unspecified atom stereocenters. The molecule has 0 aliphatic carbocycles. The lowest BCUT2D eigenvalue weighted by atomic mass is 10.1. The molecule has 1 aromatic rings. The zero-order valence-electron chi connectivity index (χ0n) is 10.7. The smallest absolute Gasteiger partial charge is 0.147 e. The van der Waals surface area contributed by atoms with Gasteiger partial charge in [0.2, 0.25) is 0 Å². The van der Waals surface area contributed by atoms with Crippen LogP contribution in [0.4, 0.5) is 10.1 Å². The van der Waals surface area contributed by atoms with E-state index < -0.39 is 0 Å². The average Bonchev–Trinajstić information content (AvgIpc) is 2.54. The molecule has 0 radical (unpaired) electrons. The highest BCUT2D eigenvalue weighted by Crippen LogP contribution is 2.27. The van der Waals surface area contributed by atoms with E-state index in [1.54, 1.807) is 12.1 Å². The lowest BCUT2D eigenvalue weighted by Gasteiger charge is -2.29. The summed E-state index contributed by atoms with van der Waals surface area (Å²) in [4.78, 5) is 2.40. The highest BCUT2D eigenvalue weighted by Gasteiger charge is 2.20. The molecule has 0 aromatic heterocycles. The lowest BCUT2D eigenvalue weighted by Crippen LogP contribution is -2.33. The van der Waals surface area contributed by atoms with Gasteiger partial charge in [-0.25, -0.2) is 4.39 Å². The Labute approximate surface area is 113 Å². The number of hydrogen-bond donors (Lipinski definition) is 1. The summed E-state index contributed by atoms with van der Waals surface area (Å²) in [5, 5.41) is 0. The fraction of sp³-hybridized carbons (Fsp3) is 0.500. The van der Waals surface area contributed by atoms with E-state index in [4.69, 9.17) is 18.0 Å². The molecule has 1 heterocycles. The van der Waals surface area contributed by atoms with Crippen LogP contribution >= 0.6 is 12.2 Å². The minimum atomic E-state index is -0.228. The van der Waals surface area contributed by atoms with Crippen molar-refractivity contribution in [2.24, 2.45) is 5.73 Å². The standard InChI is InChI=1S/C14H19FN2S/c1-10-5-3-2-4-8-17(10)13-7-6-11(14(16)18)9-12(13)15/h6-7,9-10H,2-5,8H2,1H3,(H2,16,18). The van der Waals surface area contributed by atoms with Gasteiger partial charge in [0.25, 0.3) is 0 Å². The van der Waals surface area contributed by atoms with Gasteiger partial charge >= 0.3 is 0 Å². The number of halogens is 1. The van der Waals surface area contributed by atoms with E-state index in [2.05, 4.69) is 11.8 Å². The SMILES string of the molecule is CC1CCCCCN1c1ccc(C(N)=S)cc1F. The number of thiocarbonyl (C=S) groups is 1. The Balaban J connectivity index is 2.29. The summed E-state index contributed by atoms with van der Waals surface area (Å²) >= 11 is 4.86. The van der Waals surface area contributed by atoms with Gasteiger partial charge in [0.05, 0.1) is 5.69 Å². The predicted molar refractivity (Wildman–Crippen MR) is 77.6 cm³/mol. The monoisotopic (exact) mass is 266 g/mol. The Morgan fingerprint density at radius 2 is 2.17 bits per heavy atom. The number of benzene rings is 1. The van der Waals surface area contributed by atoms with Gasteiger partial charge in [0, 0.05) is 18.2 Å². The molecule has 0 saturated carbocycles. The largest absolute Gasteiger partial charge is 0.389 e. The Morgan fingerprint density at radius 1 is 1.39 bits per heavy atom. The van der Waals surface area contributed by atoms with Crippen molar-refractivity contribution in [3.8, 4) is 0 Å². The maximum Gasteiger partial charge on any atom is 0.147 e. The van der Waals surface area contributed by atoms with E-state index in [0.29, 0.717) is 17.3 Å². The Morgan fingerprint density at radius 3 is 2.83 bits per heavy atom. The summed E-state index contributed by atoms with van der Waals surface area (Å²) < 4.78 is 14.1. The molecule has 98 valence electrons. The van der Waals surface area contributed by atoms with Gasteiger partial charge in [-0.05, 0) is 38.0 Å². The normalized spacial score (nSPS) is 20.6. The van der Waals surface area contributed by atoms with E-state index in [-0.39, 0.29) is 10.8 Å². The van der Waals surface area contributed by atoms with Gasteiger partial charge in [-0.15, -0.1) is 0 Å². The van der Waals surface area contributed by atoms with E-state index in [1.165, 1.54) is 18.9 Å². The molecule has 1 aliphatic heterocycles. The number of rotatable bonds is 2. The van der Waals surface area contributed by atoms with Crippen LogP contribution < -0.4 is 10.6 Å². The van der Waals surface area contributed by atoms with Gasteiger partial charge in [-0.3, -0.25) is 0 Å². The molecule has 1 atom stereocenters. The Kier molecular flexibility index (Phi) is 4.17. The molecule has 0 amide bonds. The Hall–Kier alpha value is -1.16. The van der Waals surface area contributed by atoms with Crippen LogP contribution in [0.3, 0.4) is 0 Å². The van der Waals surface area contributed by atoms with E-state index >= 15 is 0 Å². The minimum absolute atomic E-state index is 0.228. The molecule has 1 saturated heterocycles. The molecule has 18 heavy (non-hydrogen) atoms. The first-order chi connectivity index (χ1) is 8.59. The highest BCUT2D eigenvalue weighted by atomic mass is 32.1. The lowest BCUT2D eigenvalue weighted by molar-refractivity contribution is 0.581. The topological polar surface area (TPSA) is 29.3 Å². The maximum atomic E-state index is 14.1. The Bertz CT molecular complexity index is 447. The van der Waals surface area contributed by atoms with Crippen LogP contribution in [0.15, 0.2) is 18.2 Å². The second kappa shape index (κ2) is 5.65. The molecular formula is C14H19FN2S. The van der Waals surface area contributed by atoms with E-state index in [1.807, 2.05) is 0 Å². The molecule has 0 bridgehead atoms.